The molecule has 0 amide bonds. The Morgan fingerprint density at radius 3 is 1.97 bits per heavy atom. The number of aliphatic hydroxyl groups is 1. The minimum absolute atomic E-state index is 0.222. The second kappa shape index (κ2) is 12.3. The first-order valence-electron chi connectivity index (χ1n) is 9.26. The molecule has 0 aliphatic carbocycles. The second-order valence-electron chi connectivity index (χ2n) is 6.58. The summed E-state index contributed by atoms with van der Waals surface area (Å²) >= 11 is 0. The van der Waals surface area contributed by atoms with Gasteiger partial charge in [-0.1, -0.05) is 6.08 Å². The van der Waals surface area contributed by atoms with Crippen LogP contribution in [0.15, 0.2) is 12.7 Å². The Bertz CT molecular complexity index is 632. The fourth-order valence-corrected chi connectivity index (χ4v) is 2.79. The molecule has 1 fully saturated rings. The van der Waals surface area contributed by atoms with Crippen molar-refractivity contribution in [3.63, 3.8) is 0 Å². The molecule has 0 aromatic carbocycles. The molecule has 0 bridgehead atoms. The van der Waals surface area contributed by atoms with E-state index >= 15 is 0 Å². The van der Waals surface area contributed by atoms with Crippen molar-refractivity contribution in [1.29, 1.82) is 0 Å². The normalized spacial score (nSPS) is 26.8. The van der Waals surface area contributed by atoms with Gasteiger partial charge in [-0.05, 0) is 6.42 Å². The van der Waals surface area contributed by atoms with E-state index in [1.807, 2.05) is 0 Å². The zero-order valence-corrected chi connectivity index (χ0v) is 17.4. The van der Waals surface area contributed by atoms with Gasteiger partial charge < -0.3 is 33.5 Å². The Hall–Kier alpha value is -2.50. The zero-order valence-electron chi connectivity index (χ0n) is 17.4. The number of carbonyl (C=O) groups is 4. The molecule has 0 saturated carbocycles. The minimum atomic E-state index is -1.32. The summed E-state index contributed by atoms with van der Waals surface area (Å²) in [5.41, 5.74) is 0. The zero-order chi connectivity index (χ0) is 22.8. The van der Waals surface area contributed by atoms with Gasteiger partial charge in [0.25, 0.3) is 0 Å². The Labute approximate surface area is 174 Å². The van der Waals surface area contributed by atoms with Crippen LogP contribution in [0.2, 0.25) is 0 Å². The van der Waals surface area contributed by atoms with E-state index in [0.29, 0.717) is 0 Å². The highest BCUT2D eigenvalue weighted by atomic mass is 16.7. The van der Waals surface area contributed by atoms with Crippen molar-refractivity contribution in [3.8, 4) is 0 Å². The fraction of sp³-hybridized carbons (Fsp3) is 0.684. The molecule has 1 aliphatic heterocycles. The molecule has 0 aromatic rings. The van der Waals surface area contributed by atoms with Crippen LogP contribution in [0.25, 0.3) is 0 Å². The summed E-state index contributed by atoms with van der Waals surface area (Å²) in [4.78, 5) is 46.2. The summed E-state index contributed by atoms with van der Waals surface area (Å²) in [5, 5.41) is 9.89. The lowest BCUT2D eigenvalue weighted by atomic mass is 9.98. The topological polar surface area (TPSA) is 144 Å². The smallest absolute Gasteiger partial charge is 0.303 e. The molecule has 11 heteroatoms. The number of hydrogen-bond acceptors (Lipinski definition) is 11. The SMILES string of the molecule is C=CCC(O)CO[C@H]1O[C@H](COC(C)=O)[C@@H](OC(C)=O)[C@H](OC(C)=O)[C@@H]1OC(C)=O. The lowest BCUT2D eigenvalue weighted by molar-refractivity contribution is -0.310. The molecular weight excluding hydrogens is 404 g/mol. The first-order chi connectivity index (χ1) is 14.0. The maximum absolute atomic E-state index is 11.7. The minimum Gasteiger partial charge on any atom is -0.463 e. The predicted octanol–water partition coefficient (Wildman–Crippen LogP) is 0.0231. The summed E-state index contributed by atoms with van der Waals surface area (Å²) in [6.07, 6.45) is -5.51. The third-order valence-corrected chi connectivity index (χ3v) is 3.84. The molecule has 1 unspecified atom stereocenters. The highest BCUT2D eigenvalue weighted by Crippen LogP contribution is 2.30. The predicted molar refractivity (Wildman–Crippen MR) is 98.7 cm³/mol. The lowest BCUT2D eigenvalue weighted by Crippen LogP contribution is -2.63. The Morgan fingerprint density at radius 2 is 1.47 bits per heavy atom. The van der Waals surface area contributed by atoms with Crippen molar-refractivity contribution in [2.75, 3.05) is 13.2 Å². The average molecular weight is 432 g/mol. The van der Waals surface area contributed by atoms with E-state index in [2.05, 4.69) is 6.58 Å². The molecule has 11 nitrogen and oxygen atoms in total. The maximum Gasteiger partial charge on any atom is 0.303 e. The summed E-state index contributed by atoms with van der Waals surface area (Å²) in [5.74, 6) is -2.82. The Morgan fingerprint density at radius 1 is 0.933 bits per heavy atom. The summed E-state index contributed by atoms with van der Waals surface area (Å²) in [7, 11) is 0. The van der Waals surface area contributed by atoms with Gasteiger partial charge in [0.2, 0.25) is 0 Å². The van der Waals surface area contributed by atoms with Gasteiger partial charge in [-0.2, -0.15) is 0 Å². The standard InChI is InChI=1S/C19H28O11/c1-6-7-14(24)8-26-19-18(29-13(5)23)17(28-12(4)22)16(27-11(3)21)15(30-19)9-25-10(2)20/h6,14-19,24H,1,7-9H2,2-5H3/t14?,15-,16-,17+,18+,19+/m1/s1. The fourth-order valence-electron chi connectivity index (χ4n) is 2.79. The molecule has 0 spiro atoms. The molecule has 1 saturated heterocycles. The number of hydrogen-bond donors (Lipinski definition) is 1. The van der Waals surface area contributed by atoms with Crippen LogP contribution in [0.1, 0.15) is 34.1 Å². The number of rotatable bonds is 10. The largest absolute Gasteiger partial charge is 0.463 e. The van der Waals surface area contributed by atoms with Gasteiger partial charge in [0, 0.05) is 27.7 Å². The van der Waals surface area contributed by atoms with E-state index in [0.717, 1.165) is 20.8 Å². The Balaban J connectivity index is 3.23. The van der Waals surface area contributed by atoms with Crippen LogP contribution >= 0.6 is 0 Å². The molecule has 1 heterocycles. The molecule has 0 radical (unpaired) electrons. The van der Waals surface area contributed by atoms with Crippen molar-refractivity contribution in [1.82, 2.24) is 0 Å². The quantitative estimate of drug-likeness (QED) is 0.283. The third-order valence-electron chi connectivity index (χ3n) is 3.84. The van der Waals surface area contributed by atoms with Gasteiger partial charge in [-0.25, -0.2) is 0 Å². The van der Waals surface area contributed by atoms with Crippen molar-refractivity contribution in [2.24, 2.45) is 0 Å². The molecule has 170 valence electrons. The second-order valence-corrected chi connectivity index (χ2v) is 6.58. The van der Waals surface area contributed by atoms with Crippen molar-refractivity contribution < 1.29 is 52.7 Å². The highest BCUT2D eigenvalue weighted by molar-refractivity contribution is 5.68. The van der Waals surface area contributed by atoms with Crippen LogP contribution in [-0.4, -0.2) is 79.0 Å². The summed E-state index contributed by atoms with van der Waals surface area (Å²) < 4.78 is 31.9. The van der Waals surface area contributed by atoms with E-state index in [4.69, 9.17) is 28.4 Å². The van der Waals surface area contributed by atoms with Crippen LogP contribution in [0.4, 0.5) is 0 Å². The maximum atomic E-state index is 11.7. The van der Waals surface area contributed by atoms with Gasteiger partial charge >= 0.3 is 23.9 Å². The van der Waals surface area contributed by atoms with Gasteiger partial charge in [0.1, 0.15) is 12.7 Å². The molecule has 0 aromatic heterocycles. The molecular formula is C19H28O11. The molecule has 1 rings (SSSR count). The first-order valence-corrected chi connectivity index (χ1v) is 9.26. The number of aliphatic hydroxyl groups excluding tert-OH is 1. The number of carbonyl (C=O) groups excluding carboxylic acids is 4. The summed E-state index contributed by atoms with van der Waals surface area (Å²) in [6.45, 7) is 7.49. The monoisotopic (exact) mass is 432 g/mol. The van der Waals surface area contributed by atoms with E-state index in [1.165, 1.54) is 13.0 Å². The average Bonchev–Trinajstić information content (AvgIpc) is 2.61. The van der Waals surface area contributed by atoms with Crippen LogP contribution in [0, 0.1) is 0 Å². The van der Waals surface area contributed by atoms with Gasteiger partial charge in [0.05, 0.1) is 12.7 Å². The van der Waals surface area contributed by atoms with Crippen molar-refractivity contribution in [2.45, 2.75) is 70.9 Å². The molecule has 30 heavy (non-hydrogen) atoms. The van der Waals surface area contributed by atoms with Crippen molar-refractivity contribution >= 4 is 23.9 Å². The van der Waals surface area contributed by atoms with E-state index < -0.39 is 60.7 Å². The van der Waals surface area contributed by atoms with Crippen LogP contribution in [0.3, 0.4) is 0 Å². The van der Waals surface area contributed by atoms with Gasteiger partial charge in [-0.3, -0.25) is 19.2 Å². The van der Waals surface area contributed by atoms with Crippen LogP contribution in [-0.2, 0) is 47.6 Å². The highest BCUT2D eigenvalue weighted by Gasteiger charge is 2.52. The summed E-state index contributed by atoms with van der Waals surface area (Å²) in [6, 6.07) is 0. The van der Waals surface area contributed by atoms with E-state index in [-0.39, 0.29) is 19.6 Å². The van der Waals surface area contributed by atoms with Gasteiger partial charge in [-0.15, -0.1) is 6.58 Å². The van der Waals surface area contributed by atoms with Crippen LogP contribution in [0.5, 0.6) is 0 Å². The van der Waals surface area contributed by atoms with Crippen molar-refractivity contribution in [3.05, 3.63) is 12.7 Å². The number of esters is 4. The number of ether oxygens (including phenoxy) is 6. The Kier molecular flexibility index (Phi) is 10.4. The van der Waals surface area contributed by atoms with E-state index in [1.54, 1.807) is 0 Å². The van der Waals surface area contributed by atoms with Crippen LogP contribution < -0.4 is 0 Å². The third kappa shape index (κ3) is 8.47. The van der Waals surface area contributed by atoms with Gasteiger partial charge in [0.15, 0.2) is 24.6 Å². The van der Waals surface area contributed by atoms with E-state index in [9.17, 15) is 24.3 Å². The molecule has 1 N–H and O–H groups in total. The lowest BCUT2D eigenvalue weighted by Gasteiger charge is -2.44. The first kappa shape index (κ1) is 25.5. The molecule has 1 aliphatic rings. The molecule has 6 atom stereocenters.